The number of anilines is 1. The van der Waals surface area contributed by atoms with Crippen LogP contribution in [0.2, 0.25) is 0 Å². The highest BCUT2D eigenvalue weighted by Gasteiger charge is 2.46. The van der Waals surface area contributed by atoms with Gasteiger partial charge in [-0.25, -0.2) is 8.78 Å². The van der Waals surface area contributed by atoms with Crippen LogP contribution in [0.3, 0.4) is 0 Å². The number of nitrogens with two attached hydrogens (primary N) is 1. The fraction of sp³-hybridized carbons (Fsp3) is 0.478. The van der Waals surface area contributed by atoms with Gasteiger partial charge in [-0.15, -0.1) is 0 Å². The summed E-state index contributed by atoms with van der Waals surface area (Å²) in [5.41, 5.74) is 8.60. The largest absolute Gasteiger partial charge is 0.397 e. The van der Waals surface area contributed by atoms with E-state index >= 15 is 0 Å². The van der Waals surface area contributed by atoms with Crippen LogP contribution in [0.15, 0.2) is 36.4 Å². The molecule has 2 atom stereocenters. The predicted octanol–water partition coefficient (Wildman–Crippen LogP) is 2.90. The highest BCUT2D eigenvalue weighted by Crippen LogP contribution is 2.41. The van der Waals surface area contributed by atoms with Gasteiger partial charge in [-0.3, -0.25) is 14.7 Å². The van der Waals surface area contributed by atoms with Gasteiger partial charge in [0.25, 0.3) is 0 Å². The Hall–Kier alpha value is -2.54. The lowest BCUT2D eigenvalue weighted by atomic mass is 10.0. The average Bonchev–Trinajstić information content (AvgIpc) is 3.27. The SMILES string of the molecule is Nc1ccc(-c2ccc(F)cc2)nc1CC(=O)N1CC2CC(N3CC(F)C3)CC2C1. The van der Waals surface area contributed by atoms with Crippen LogP contribution in [0.4, 0.5) is 14.5 Å². The summed E-state index contributed by atoms with van der Waals surface area (Å²) in [6.45, 7) is 2.68. The van der Waals surface area contributed by atoms with Gasteiger partial charge in [-0.2, -0.15) is 0 Å². The molecule has 1 aromatic heterocycles. The van der Waals surface area contributed by atoms with Gasteiger partial charge in [0.2, 0.25) is 5.91 Å². The van der Waals surface area contributed by atoms with Crippen molar-refractivity contribution in [2.75, 3.05) is 31.9 Å². The van der Waals surface area contributed by atoms with Crippen LogP contribution in [-0.4, -0.2) is 59.1 Å². The first kappa shape index (κ1) is 19.4. The number of carbonyl (C=O) groups excluding carboxylic acids is 1. The molecule has 1 saturated carbocycles. The van der Waals surface area contributed by atoms with Crippen LogP contribution in [0.1, 0.15) is 18.5 Å². The van der Waals surface area contributed by atoms with Crippen LogP contribution >= 0.6 is 0 Å². The summed E-state index contributed by atoms with van der Waals surface area (Å²) in [4.78, 5) is 21.7. The van der Waals surface area contributed by atoms with Crippen molar-refractivity contribution >= 4 is 11.6 Å². The molecule has 5 nitrogen and oxygen atoms in total. The maximum absolute atomic E-state index is 13.2. The molecule has 2 saturated heterocycles. The topological polar surface area (TPSA) is 62.5 Å². The number of alkyl halides is 1. The van der Waals surface area contributed by atoms with E-state index in [0.717, 1.165) is 31.5 Å². The molecule has 30 heavy (non-hydrogen) atoms. The molecule has 1 aromatic carbocycles. The third-order valence-electron chi connectivity index (χ3n) is 6.93. The Bertz CT molecular complexity index is 931. The number of aromatic nitrogens is 1. The van der Waals surface area contributed by atoms with E-state index in [1.807, 2.05) is 4.90 Å². The first-order valence-electron chi connectivity index (χ1n) is 10.6. The quantitative estimate of drug-likeness (QED) is 0.839. The molecule has 1 amide bonds. The molecular weight excluding hydrogens is 386 g/mol. The Morgan fingerprint density at radius 2 is 1.70 bits per heavy atom. The Morgan fingerprint density at radius 3 is 2.33 bits per heavy atom. The molecule has 2 N–H and O–H groups in total. The monoisotopic (exact) mass is 412 g/mol. The van der Waals surface area contributed by atoms with Crippen molar-refractivity contribution in [1.82, 2.24) is 14.8 Å². The zero-order chi connectivity index (χ0) is 20.8. The first-order chi connectivity index (χ1) is 14.5. The number of halogens is 2. The van der Waals surface area contributed by atoms with Crippen LogP contribution in [0.5, 0.6) is 0 Å². The maximum atomic E-state index is 13.2. The van der Waals surface area contributed by atoms with E-state index in [4.69, 9.17) is 5.73 Å². The number of likely N-dealkylation sites (tertiary alicyclic amines) is 2. The number of benzene rings is 1. The molecule has 2 aliphatic heterocycles. The molecule has 0 bridgehead atoms. The molecule has 3 aliphatic rings. The fourth-order valence-electron chi connectivity index (χ4n) is 5.21. The van der Waals surface area contributed by atoms with Crippen LogP contribution < -0.4 is 5.73 Å². The van der Waals surface area contributed by atoms with Crippen molar-refractivity contribution in [2.24, 2.45) is 11.8 Å². The summed E-state index contributed by atoms with van der Waals surface area (Å²) in [5, 5.41) is 0. The second kappa shape index (κ2) is 7.61. The van der Waals surface area contributed by atoms with Gasteiger partial charge in [-0.1, -0.05) is 0 Å². The highest BCUT2D eigenvalue weighted by molar-refractivity contribution is 5.80. The Balaban J connectivity index is 1.22. The summed E-state index contributed by atoms with van der Waals surface area (Å²) >= 11 is 0. The minimum atomic E-state index is -0.660. The molecule has 0 spiro atoms. The van der Waals surface area contributed by atoms with E-state index in [2.05, 4.69) is 9.88 Å². The maximum Gasteiger partial charge on any atom is 0.228 e. The molecule has 3 fully saturated rings. The average molecular weight is 412 g/mol. The van der Waals surface area contributed by atoms with Crippen molar-refractivity contribution in [1.29, 1.82) is 0 Å². The van der Waals surface area contributed by atoms with E-state index in [1.54, 1.807) is 24.3 Å². The minimum absolute atomic E-state index is 0.0455. The van der Waals surface area contributed by atoms with Crippen LogP contribution in [-0.2, 0) is 11.2 Å². The van der Waals surface area contributed by atoms with Gasteiger partial charge in [0.15, 0.2) is 0 Å². The van der Waals surface area contributed by atoms with E-state index < -0.39 is 6.17 Å². The third kappa shape index (κ3) is 3.67. The number of fused-ring (bicyclic) bond motifs is 1. The summed E-state index contributed by atoms with van der Waals surface area (Å²) in [6.07, 6.45) is 1.62. The van der Waals surface area contributed by atoms with Gasteiger partial charge in [-0.05, 0) is 61.1 Å². The second-order valence-electron chi connectivity index (χ2n) is 8.91. The minimum Gasteiger partial charge on any atom is -0.397 e. The predicted molar refractivity (Wildman–Crippen MR) is 111 cm³/mol. The molecule has 2 aromatic rings. The molecule has 0 radical (unpaired) electrons. The Labute approximate surface area is 174 Å². The standard InChI is InChI=1S/C23H26F2N4O/c24-17-3-1-14(2-4-17)21-6-5-20(26)22(27-21)9-23(30)29-10-15-7-19(8-16(15)11-29)28-12-18(25)13-28/h1-6,15-16,18-19H,7-13,26H2. The summed E-state index contributed by atoms with van der Waals surface area (Å²) in [7, 11) is 0. The number of pyridine rings is 1. The number of carbonyl (C=O) groups is 1. The second-order valence-corrected chi connectivity index (χ2v) is 8.91. The number of hydrogen-bond donors (Lipinski definition) is 1. The molecular formula is C23H26F2N4O. The summed E-state index contributed by atoms with van der Waals surface area (Å²) in [5.74, 6) is 0.760. The van der Waals surface area contributed by atoms with Gasteiger partial charge in [0.05, 0.1) is 23.5 Å². The lowest BCUT2D eigenvalue weighted by Crippen LogP contribution is -2.53. The van der Waals surface area contributed by atoms with Gasteiger partial charge in [0.1, 0.15) is 12.0 Å². The normalized spacial score (nSPS) is 26.6. The number of nitrogens with zero attached hydrogens (tertiary/aromatic N) is 3. The molecule has 158 valence electrons. The molecule has 7 heteroatoms. The van der Waals surface area contributed by atoms with Gasteiger partial charge >= 0.3 is 0 Å². The smallest absolute Gasteiger partial charge is 0.228 e. The van der Waals surface area contributed by atoms with Crippen molar-refractivity contribution in [2.45, 2.75) is 31.5 Å². The number of hydrogen-bond acceptors (Lipinski definition) is 4. The number of rotatable bonds is 4. The lowest BCUT2D eigenvalue weighted by molar-refractivity contribution is -0.129. The van der Waals surface area contributed by atoms with Crippen LogP contribution in [0.25, 0.3) is 11.3 Å². The van der Waals surface area contributed by atoms with Crippen LogP contribution in [0, 0.1) is 17.7 Å². The van der Waals surface area contributed by atoms with Crippen molar-refractivity contribution in [3.63, 3.8) is 0 Å². The van der Waals surface area contributed by atoms with Gasteiger partial charge < -0.3 is 10.6 Å². The number of nitrogen functional groups attached to an aromatic ring is 1. The molecule has 3 heterocycles. The van der Waals surface area contributed by atoms with E-state index in [0.29, 0.717) is 48.0 Å². The van der Waals surface area contributed by atoms with Crippen molar-refractivity contribution in [3.05, 3.63) is 47.9 Å². The number of amides is 1. The fourth-order valence-corrected chi connectivity index (χ4v) is 5.21. The summed E-state index contributed by atoms with van der Waals surface area (Å²) in [6, 6.07) is 10.1. The Morgan fingerprint density at radius 1 is 1.03 bits per heavy atom. The van der Waals surface area contributed by atoms with Crippen molar-refractivity contribution in [3.8, 4) is 11.3 Å². The Kier molecular flexibility index (Phi) is 4.93. The zero-order valence-corrected chi connectivity index (χ0v) is 16.8. The van der Waals surface area contributed by atoms with E-state index in [1.165, 1.54) is 12.1 Å². The third-order valence-corrected chi connectivity index (χ3v) is 6.93. The molecule has 2 unspecified atom stereocenters. The van der Waals surface area contributed by atoms with E-state index in [9.17, 15) is 13.6 Å². The summed E-state index contributed by atoms with van der Waals surface area (Å²) < 4.78 is 26.3. The zero-order valence-electron chi connectivity index (χ0n) is 16.8. The van der Waals surface area contributed by atoms with E-state index in [-0.39, 0.29) is 18.1 Å². The molecule has 1 aliphatic carbocycles. The highest BCUT2D eigenvalue weighted by atomic mass is 19.1. The molecule has 5 rings (SSSR count). The van der Waals surface area contributed by atoms with Gasteiger partial charge in [0, 0.05) is 37.8 Å². The lowest BCUT2D eigenvalue weighted by Gasteiger charge is -2.39. The van der Waals surface area contributed by atoms with Crippen molar-refractivity contribution < 1.29 is 13.6 Å². The first-order valence-corrected chi connectivity index (χ1v) is 10.6.